The van der Waals surface area contributed by atoms with Gasteiger partial charge in [0.15, 0.2) is 0 Å². The van der Waals surface area contributed by atoms with Crippen LogP contribution in [0, 0.1) is 12.8 Å². The van der Waals surface area contributed by atoms with E-state index in [9.17, 15) is 9.59 Å². The van der Waals surface area contributed by atoms with E-state index in [1.165, 1.54) is 0 Å². The van der Waals surface area contributed by atoms with Gasteiger partial charge in [0.25, 0.3) is 5.91 Å². The molecule has 0 radical (unpaired) electrons. The number of rotatable bonds is 7. The van der Waals surface area contributed by atoms with Crippen molar-refractivity contribution in [3.63, 3.8) is 0 Å². The normalized spacial score (nSPS) is 10.4. The first-order valence-electron chi connectivity index (χ1n) is 8.76. The van der Waals surface area contributed by atoms with Gasteiger partial charge in [-0.2, -0.15) is 0 Å². The van der Waals surface area contributed by atoms with Gasteiger partial charge in [0, 0.05) is 29.3 Å². The van der Waals surface area contributed by atoms with Crippen molar-refractivity contribution in [1.82, 2.24) is 5.32 Å². The number of amides is 2. The fourth-order valence-electron chi connectivity index (χ4n) is 2.49. The molecule has 0 fully saturated rings. The van der Waals surface area contributed by atoms with Crippen LogP contribution in [0.1, 0.15) is 35.3 Å². The minimum absolute atomic E-state index is 0.0293. The summed E-state index contributed by atoms with van der Waals surface area (Å²) in [7, 11) is 3.12. The molecule has 2 rings (SSSR count). The second-order valence-electron chi connectivity index (χ2n) is 6.53. The average Bonchev–Trinajstić information content (AvgIpc) is 2.67. The minimum Gasteiger partial charge on any atom is -0.496 e. The van der Waals surface area contributed by atoms with Gasteiger partial charge >= 0.3 is 0 Å². The summed E-state index contributed by atoms with van der Waals surface area (Å²) in [4.78, 5) is 24.2. The molecule has 0 aliphatic heterocycles. The van der Waals surface area contributed by atoms with Crippen molar-refractivity contribution in [2.75, 3.05) is 19.5 Å². The highest BCUT2D eigenvalue weighted by Crippen LogP contribution is 2.29. The van der Waals surface area contributed by atoms with Crippen LogP contribution in [0.3, 0.4) is 0 Å². The Kier molecular flexibility index (Phi) is 6.82. The molecule has 0 aliphatic rings. The predicted octanol–water partition coefficient (Wildman–Crippen LogP) is 3.54. The van der Waals surface area contributed by atoms with Crippen LogP contribution < -0.4 is 20.1 Å². The molecule has 0 unspecified atom stereocenters. The van der Waals surface area contributed by atoms with Crippen molar-refractivity contribution < 1.29 is 19.1 Å². The Morgan fingerprint density at radius 3 is 2.04 bits per heavy atom. The Labute approximate surface area is 159 Å². The zero-order valence-corrected chi connectivity index (χ0v) is 16.4. The Bertz CT molecular complexity index is 788. The van der Waals surface area contributed by atoms with Crippen LogP contribution in [0.2, 0.25) is 0 Å². The molecule has 27 heavy (non-hydrogen) atoms. The summed E-state index contributed by atoms with van der Waals surface area (Å²) in [6.07, 6.45) is 0. The summed E-state index contributed by atoms with van der Waals surface area (Å²) < 4.78 is 10.6. The number of carbonyl (C=O) groups is 2. The third-order valence-corrected chi connectivity index (χ3v) is 4.21. The van der Waals surface area contributed by atoms with Crippen molar-refractivity contribution in [1.29, 1.82) is 0 Å². The Morgan fingerprint density at radius 2 is 1.56 bits per heavy atom. The lowest BCUT2D eigenvalue weighted by Gasteiger charge is -2.13. The van der Waals surface area contributed by atoms with E-state index in [0.717, 1.165) is 16.8 Å². The molecule has 6 heteroatoms. The number of benzene rings is 2. The van der Waals surface area contributed by atoms with Crippen molar-refractivity contribution in [3.8, 4) is 11.5 Å². The zero-order valence-electron chi connectivity index (χ0n) is 16.4. The van der Waals surface area contributed by atoms with Gasteiger partial charge in [-0.1, -0.05) is 26.0 Å². The summed E-state index contributed by atoms with van der Waals surface area (Å²) in [5, 5.41) is 5.71. The second-order valence-corrected chi connectivity index (χ2v) is 6.53. The van der Waals surface area contributed by atoms with Gasteiger partial charge in [-0.05, 0) is 36.8 Å². The van der Waals surface area contributed by atoms with Crippen molar-refractivity contribution in [3.05, 3.63) is 53.1 Å². The van der Waals surface area contributed by atoms with Gasteiger partial charge < -0.3 is 20.1 Å². The molecule has 2 N–H and O–H groups in total. The van der Waals surface area contributed by atoms with E-state index >= 15 is 0 Å². The maximum absolute atomic E-state index is 12.5. The third kappa shape index (κ3) is 5.23. The molecule has 2 aromatic rings. The van der Waals surface area contributed by atoms with Crippen LogP contribution in [0.5, 0.6) is 11.5 Å². The molecule has 0 aromatic heterocycles. The molecular weight excluding hydrogens is 344 g/mol. The number of ether oxygens (including phenoxy) is 2. The van der Waals surface area contributed by atoms with E-state index in [1.807, 2.05) is 45.0 Å². The Hall–Kier alpha value is -3.02. The van der Waals surface area contributed by atoms with Crippen molar-refractivity contribution in [2.24, 2.45) is 5.92 Å². The summed E-state index contributed by atoms with van der Waals surface area (Å²) in [6.45, 7) is 5.93. The Morgan fingerprint density at radius 1 is 1.00 bits per heavy atom. The maximum Gasteiger partial charge on any atom is 0.251 e. The predicted molar refractivity (Wildman–Crippen MR) is 105 cm³/mol. The lowest BCUT2D eigenvalue weighted by Crippen LogP contribution is -2.23. The summed E-state index contributed by atoms with van der Waals surface area (Å²) >= 11 is 0. The lowest BCUT2D eigenvalue weighted by molar-refractivity contribution is -0.118. The topological polar surface area (TPSA) is 76.7 Å². The molecule has 0 bridgehead atoms. The van der Waals surface area contributed by atoms with Crippen LogP contribution >= 0.6 is 0 Å². The highest BCUT2D eigenvalue weighted by Gasteiger charge is 2.13. The van der Waals surface area contributed by atoms with Crippen molar-refractivity contribution >= 4 is 17.5 Å². The molecule has 144 valence electrons. The number of carbonyl (C=O) groups excluding carboxylic acids is 2. The van der Waals surface area contributed by atoms with E-state index < -0.39 is 0 Å². The van der Waals surface area contributed by atoms with Gasteiger partial charge in [0.1, 0.15) is 11.5 Å². The van der Waals surface area contributed by atoms with Crippen LogP contribution in [0.15, 0.2) is 36.4 Å². The van der Waals surface area contributed by atoms with Crippen LogP contribution in [-0.4, -0.2) is 26.0 Å². The number of nitrogens with one attached hydrogen (secondary N) is 2. The molecule has 0 heterocycles. The van der Waals surface area contributed by atoms with Gasteiger partial charge in [-0.25, -0.2) is 0 Å². The molecule has 0 saturated carbocycles. The average molecular weight is 370 g/mol. The fraction of sp³-hybridized carbons (Fsp3) is 0.333. The molecule has 6 nitrogen and oxygen atoms in total. The number of anilines is 1. The second kappa shape index (κ2) is 9.07. The number of hydrogen-bond acceptors (Lipinski definition) is 4. The smallest absolute Gasteiger partial charge is 0.251 e. The van der Waals surface area contributed by atoms with Crippen LogP contribution in [0.4, 0.5) is 5.69 Å². The summed E-state index contributed by atoms with van der Waals surface area (Å²) in [5.41, 5.74) is 2.97. The quantitative estimate of drug-likeness (QED) is 0.782. The highest BCUT2D eigenvalue weighted by atomic mass is 16.5. The van der Waals surface area contributed by atoms with Crippen LogP contribution in [0.25, 0.3) is 0 Å². The zero-order chi connectivity index (χ0) is 20.0. The molecule has 0 aliphatic carbocycles. The first-order chi connectivity index (χ1) is 12.8. The summed E-state index contributed by atoms with van der Waals surface area (Å²) in [5.74, 6) is 0.879. The first kappa shape index (κ1) is 20.3. The molecule has 2 amide bonds. The highest BCUT2D eigenvalue weighted by molar-refractivity contribution is 5.95. The number of methoxy groups -OCH3 is 2. The molecular formula is C21H26N2O4. The van der Waals surface area contributed by atoms with Gasteiger partial charge in [0.2, 0.25) is 5.91 Å². The fourth-order valence-corrected chi connectivity index (χ4v) is 2.49. The molecule has 0 spiro atoms. The van der Waals surface area contributed by atoms with Crippen molar-refractivity contribution in [2.45, 2.75) is 27.3 Å². The minimum atomic E-state index is -0.219. The summed E-state index contributed by atoms with van der Waals surface area (Å²) in [6, 6.07) is 10.8. The first-order valence-corrected chi connectivity index (χ1v) is 8.76. The van der Waals surface area contributed by atoms with E-state index in [-0.39, 0.29) is 17.7 Å². The van der Waals surface area contributed by atoms with E-state index in [4.69, 9.17) is 9.47 Å². The van der Waals surface area contributed by atoms with Gasteiger partial charge in [-0.15, -0.1) is 0 Å². The third-order valence-electron chi connectivity index (χ3n) is 4.21. The standard InChI is InChI=1S/C21H26N2O4/c1-13(2)20(24)23-17-8-6-15(7-9-17)12-22-21(25)16-10-18(26-4)14(3)19(11-16)27-5/h6-11,13H,12H2,1-5H3,(H,22,25)(H,23,24). The van der Waals surface area contributed by atoms with E-state index in [1.54, 1.807) is 26.4 Å². The SMILES string of the molecule is COc1cc(C(=O)NCc2ccc(NC(=O)C(C)C)cc2)cc(OC)c1C. The van der Waals surface area contributed by atoms with Gasteiger partial charge in [0.05, 0.1) is 14.2 Å². The van der Waals surface area contributed by atoms with E-state index in [2.05, 4.69) is 10.6 Å². The van der Waals surface area contributed by atoms with E-state index in [0.29, 0.717) is 23.6 Å². The maximum atomic E-state index is 12.5. The lowest BCUT2D eigenvalue weighted by atomic mass is 10.1. The molecule has 0 atom stereocenters. The molecule has 2 aromatic carbocycles. The largest absolute Gasteiger partial charge is 0.496 e. The van der Waals surface area contributed by atoms with Crippen LogP contribution in [-0.2, 0) is 11.3 Å². The van der Waals surface area contributed by atoms with Gasteiger partial charge in [-0.3, -0.25) is 9.59 Å². The Balaban J connectivity index is 2.02. The number of hydrogen-bond donors (Lipinski definition) is 2. The molecule has 0 saturated heterocycles. The monoisotopic (exact) mass is 370 g/mol.